The van der Waals surface area contributed by atoms with E-state index >= 15 is 0 Å². The molecule has 0 spiro atoms. The topological polar surface area (TPSA) is 915 Å². The lowest BCUT2D eigenvalue weighted by atomic mass is 9.88. The van der Waals surface area contributed by atoms with Crippen LogP contribution in [0.3, 0.4) is 0 Å². The van der Waals surface area contributed by atoms with Gasteiger partial charge in [-0.05, 0) is 20.8 Å². The van der Waals surface area contributed by atoms with Gasteiger partial charge in [0, 0.05) is 29.6 Å². The van der Waals surface area contributed by atoms with Crippen LogP contribution in [0.5, 0.6) is 0 Å². The van der Waals surface area contributed by atoms with E-state index in [1.165, 1.54) is 41.5 Å². The second kappa shape index (κ2) is 52.3. The zero-order valence-corrected chi connectivity index (χ0v) is 81.0. The van der Waals surface area contributed by atoms with Crippen LogP contribution in [0.2, 0.25) is 0 Å². The maximum absolute atomic E-state index is 13.2. The van der Waals surface area contributed by atoms with E-state index in [9.17, 15) is 169 Å². The Morgan fingerprint density at radius 3 is 0.930 bits per heavy atom. The van der Waals surface area contributed by atoms with Crippen LogP contribution in [-0.2, 0) is 114 Å². The molecule has 0 aliphatic carbocycles. The lowest BCUT2D eigenvalue weighted by molar-refractivity contribution is -0.392. The molecule has 35 N–H and O–H groups in total. The maximum atomic E-state index is 13.2. The van der Waals surface area contributed by atoms with E-state index in [0.717, 1.165) is 0 Å². The molecule has 12 aliphatic rings. The zero-order chi connectivity index (χ0) is 105. The van der Waals surface area contributed by atoms with Crippen molar-refractivity contribution in [3.05, 3.63) is 0 Å². The molecule has 0 bridgehead atoms. The summed E-state index contributed by atoms with van der Waals surface area (Å²) in [6, 6.07) is -2.05. The monoisotopic (exact) mass is 2210 g/mol. The lowest BCUT2D eigenvalue weighted by Gasteiger charge is -2.50. The minimum absolute atomic E-state index is 0.617. The smallest absolute Gasteiger partial charge is 0.187 e. The molecule has 0 saturated carbocycles. The fraction of sp³-hybridized carbons (Fsp3) is 1.00. The van der Waals surface area contributed by atoms with Gasteiger partial charge in [-0.25, -0.2) is 0 Å². The molecule has 12 rings (SSSR count). The fourth-order valence-corrected chi connectivity index (χ4v) is 19.9. The molecule has 0 aromatic carbocycles. The molecular formula is C84H146INO57. The third-order valence-electron chi connectivity index (χ3n) is 28.9. The third kappa shape index (κ3) is 25.9. The van der Waals surface area contributed by atoms with Crippen molar-refractivity contribution >= 4 is 22.6 Å². The highest BCUT2D eigenvalue weighted by Crippen LogP contribution is 2.44. The molecule has 12 saturated heterocycles. The summed E-state index contributed by atoms with van der Waals surface area (Å²) in [6.45, 7) is 0.0281. The predicted molar refractivity (Wildman–Crippen MR) is 461 cm³/mol. The summed E-state index contributed by atoms with van der Waals surface area (Å²) >= 11 is 1.56. The largest absolute Gasteiger partial charge is 0.395 e. The highest BCUT2D eigenvalue weighted by Gasteiger charge is 2.62. The summed E-state index contributed by atoms with van der Waals surface area (Å²) in [5.74, 6) is -6.09. The van der Waals surface area contributed by atoms with Crippen molar-refractivity contribution in [1.82, 2.24) is 0 Å². The molecule has 58 nitrogen and oxygen atoms in total. The number of rotatable bonds is 39. The average Bonchev–Trinajstić information content (AvgIpc) is 0.776. The normalized spacial score (nSPS) is 52.0. The summed E-state index contributed by atoms with van der Waals surface area (Å²) in [5.41, 5.74) is 6.70. The Balaban J connectivity index is 0.892. The lowest BCUT2D eigenvalue weighted by Crippen LogP contribution is -2.68. The van der Waals surface area contributed by atoms with Crippen molar-refractivity contribution < 1.29 is 282 Å². The number of aliphatic hydroxyl groups excluding tert-OH is 33. The van der Waals surface area contributed by atoms with Crippen LogP contribution in [0.15, 0.2) is 0 Å². The first-order chi connectivity index (χ1) is 67.6. The first-order valence-corrected chi connectivity index (χ1v) is 48.7. The molecule has 0 aromatic rings. The molecule has 65 atom stereocenters. The summed E-state index contributed by atoms with van der Waals surface area (Å²) in [4.78, 5) is 0. The van der Waals surface area contributed by atoms with Crippen LogP contribution in [0.4, 0.5) is 0 Å². The van der Waals surface area contributed by atoms with Gasteiger partial charge in [-0.2, -0.15) is 0 Å². The predicted octanol–water partition coefficient (Wildman–Crippen LogP) is -19.5. The van der Waals surface area contributed by atoms with Crippen LogP contribution in [0, 0.1) is 29.6 Å². The average molecular weight is 2210 g/mol. The van der Waals surface area contributed by atoms with Crippen molar-refractivity contribution in [2.45, 2.75) is 422 Å². The molecule has 12 aliphatic heterocycles. The number of alkyl halides is 1. The van der Waals surface area contributed by atoms with E-state index in [2.05, 4.69) is 0 Å². The van der Waals surface area contributed by atoms with Crippen LogP contribution in [-0.4, -0.2) is 607 Å². The highest BCUT2D eigenvalue weighted by molar-refractivity contribution is 14.1. The quantitative estimate of drug-likeness (QED) is 0.0154. The molecule has 0 radical (unpaired) electrons. The van der Waals surface area contributed by atoms with Crippen LogP contribution < -0.4 is 5.73 Å². The molecular weight excluding hydrogens is 2060 g/mol. The van der Waals surface area contributed by atoms with Gasteiger partial charge >= 0.3 is 0 Å². The Hall–Kier alpha value is -1.59. The van der Waals surface area contributed by atoms with Gasteiger partial charge in [-0.15, -0.1) is 0 Å². The number of hydrogen-bond donors (Lipinski definition) is 34. The summed E-state index contributed by atoms with van der Waals surface area (Å²) < 4.78 is 144. The number of hydrogen-bond acceptors (Lipinski definition) is 58. The Morgan fingerprint density at radius 1 is 0.231 bits per heavy atom. The Morgan fingerprint density at radius 2 is 0.517 bits per heavy atom. The van der Waals surface area contributed by atoms with Gasteiger partial charge in [0.1, 0.15) is 232 Å². The van der Waals surface area contributed by atoms with Gasteiger partial charge in [0.25, 0.3) is 0 Å². The third-order valence-corrected chi connectivity index (χ3v) is 30.0. The molecule has 12 heterocycles. The van der Waals surface area contributed by atoms with Crippen LogP contribution >= 0.6 is 22.6 Å². The zero-order valence-electron chi connectivity index (χ0n) is 78.8. The van der Waals surface area contributed by atoms with Crippen molar-refractivity contribution in [3.8, 4) is 0 Å². The molecule has 0 amide bonds. The maximum Gasteiger partial charge on any atom is 0.187 e. The van der Waals surface area contributed by atoms with Gasteiger partial charge in [0.2, 0.25) is 0 Å². The second-order valence-corrected chi connectivity index (χ2v) is 40.2. The first-order valence-electron chi connectivity index (χ1n) is 47.5. The van der Waals surface area contributed by atoms with E-state index in [1.54, 1.807) is 36.4 Å². The SMILES string of the molecule is CC1[C@H](O[C@H](C(I)CO)[C@H](O)C(O[C@@H]2OC(CO)[C@@H](O[C@@H]3OC(C)[C@H](O)[C@H](O)C3O)[C@H](O)C2N)[C@H](O)O[C@@H]2C(O)[C@H](O[C@@H]3C(CO)O[C@@H](O[C@@H]4C(CO)O[C@@H](C)C(C)[C@H]4O)C(C)[C@H]3O)OC(CO[C@H]3OC(CO[C@@H]4OC(CO)[C@@H](O[C@@H]5OC(CO)C(O)[C@@H](O)[C@@H]5O)[C@H](O)C4C)[C@@H](O)[C@H](O)C3O[C@@H]3OC(CO)[C@@H](O[C@@H]4OC(CO)[C@H](O)[C@H](O)C4O)[C@H](O)C3C)[C@H]2O)OC(CO)[C@@H](O[C@@H]2OC(C)[C@H](O)[C@H](O)C2O)[C@@H]1O. The first kappa shape index (κ1) is 120. The molecule has 0 aromatic heterocycles. The number of nitrogens with two attached hydrogens (primary N) is 1. The van der Waals surface area contributed by atoms with E-state index in [1.807, 2.05) is 0 Å². The number of halogens is 1. The standard InChI is InChI=1S/C84H146INO57/c1-20-25(6)122-31(12-90)64(40(20)96)136-76-23(4)43(99)68(35(16-94)129-76)140-83-62(118)70(134-73(119)71(142-78-39(86)51(107)69(36(17-95)131-78)141-80-58(114)53(109)46(102)27(8)124-80)61(117)63(28(85)9-87)135-75-22(3)42(98)66(33(14-92)128-75)137-79-57(113)52(108)45(101)26(7)123-79)50(106)38(132-83)19-121-84-72(143-77-24(5)44(100)67(34(15-93)130-77)139-82-60(116)55(111)48(104)30(11-89)126-82)56(112)49(105)37(133-84)18-120-74-21(2)41(97)65(32(13-91)127-74)138-81-59(115)54(110)47(103)29(10-88)125-81/h20-84,87-119H,9-19,86H2,1-8H3/t20?,21?,22?,23?,24?,25-,26?,27?,28?,29?,30?,31?,32?,33?,34?,35?,36?,37?,38?,39?,40+,41+,42+,43+,44+,45-,46-,47?,48-,49+,50+,51+,52-,53-,54+,55-,56-,57?,58?,59-,60?,61-,62?,63+,64+,65+,66+,67+,68+,69+,70-,71?,72?,73+,74+,75-,76-,77-,78-,79-,80-,81-,82-,83-,84-/m0/s1. The van der Waals surface area contributed by atoms with Crippen molar-refractivity contribution in [1.29, 1.82) is 0 Å². The molecule has 836 valence electrons. The van der Waals surface area contributed by atoms with Crippen LogP contribution in [0.1, 0.15) is 55.4 Å². The molecule has 59 heteroatoms. The van der Waals surface area contributed by atoms with Gasteiger partial charge in [-0.1, -0.05) is 57.2 Å². The highest BCUT2D eigenvalue weighted by atomic mass is 127. The summed E-state index contributed by atoms with van der Waals surface area (Å²) in [7, 11) is 0. The number of ether oxygens (including phenoxy) is 24. The van der Waals surface area contributed by atoms with E-state index in [0.29, 0.717) is 0 Å². The van der Waals surface area contributed by atoms with E-state index < -0.39 is 468 Å². The van der Waals surface area contributed by atoms with Gasteiger partial charge in [0.05, 0.1) is 131 Å². The molecule has 143 heavy (non-hydrogen) atoms. The molecule has 26 unspecified atom stereocenters. The number of aliphatic hydroxyl groups is 33. The Bertz CT molecular complexity index is 3750. The van der Waals surface area contributed by atoms with Crippen molar-refractivity contribution in [2.24, 2.45) is 35.3 Å². The Labute approximate surface area is 830 Å². The fourth-order valence-electron chi connectivity index (χ4n) is 19.3. The van der Waals surface area contributed by atoms with E-state index in [-0.39, 0.29) is 0 Å². The molecule has 12 fully saturated rings. The van der Waals surface area contributed by atoms with Crippen molar-refractivity contribution in [3.63, 3.8) is 0 Å². The van der Waals surface area contributed by atoms with Gasteiger partial charge < -0.3 is 288 Å². The summed E-state index contributed by atoms with van der Waals surface area (Å²) in [5, 5.41) is 374. The Kier molecular flexibility index (Phi) is 43.9. The summed E-state index contributed by atoms with van der Waals surface area (Å²) in [6.07, 6.45) is -111. The van der Waals surface area contributed by atoms with Gasteiger partial charge in [0.15, 0.2) is 75.5 Å². The van der Waals surface area contributed by atoms with Gasteiger partial charge in [-0.3, -0.25) is 0 Å². The van der Waals surface area contributed by atoms with E-state index in [4.69, 9.17) is 119 Å². The van der Waals surface area contributed by atoms with Crippen molar-refractivity contribution in [2.75, 3.05) is 72.7 Å². The second-order valence-electron chi connectivity index (χ2n) is 38.6. The minimum atomic E-state index is -3.02. The van der Waals surface area contributed by atoms with Crippen LogP contribution in [0.25, 0.3) is 0 Å². The minimum Gasteiger partial charge on any atom is -0.395 e.